The van der Waals surface area contributed by atoms with Gasteiger partial charge in [0.1, 0.15) is 5.54 Å². The van der Waals surface area contributed by atoms with Gasteiger partial charge in [0.2, 0.25) is 5.91 Å². The summed E-state index contributed by atoms with van der Waals surface area (Å²) in [7, 11) is 0. The fraction of sp³-hybridized carbons (Fsp3) is 0.909. The number of rotatable bonds is 2. The fourth-order valence-corrected chi connectivity index (χ4v) is 2.34. The molecule has 1 aliphatic heterocycles. The number of hydrogen-bond donors (Lipinski definition) is 2. The van der Waals surface area contributed by atoms with Crippen LogP contribution in [0.15, 0.2) is 0 Å². The summed E-state index contributed by atoms with van der Waals surface area (Å²) in [6.07, 6.45) is 6.58. The lowest BCUT2D eigenvalue weighted by atomic mass is 9.93. The van der Waals surface area contributed by atoms with Crippen molar-refractivity contribution in [1.29, 1.82) is 0 Å². The van der Waals surface area contributed by atoms with Crippen LogP contribution in [0.2, 0.25) is 0 Å². The zero-order valence-electron chi connectivity index (χ0n) is 9.13. The average Bonchev–Trinajstić information content (AvgIpc) is 2.68. The lowest BCUT2D eigenvalue weighted by Crippen LogP contribution is -2.56. The van der Waals surface area contributed by atoms with Crippen LogP contribution in [0.4, 0.5) is 0 Å². The van der Waals surface area contributed by atoms with Crippen LogP contribution in [0.3, 0.4) is 0 Å². The van der Waals surface area contributed by atoms with Crippen molar-refractivity contribution in [3.05, 3.63) is 0 Å². The first-order chi connectivity index (χ1) is 7.21. The lowest BCUT2D eigenvalue weighted by Gasteiger charge is -2.27. The molecule has 1 saturated heterocycles. The Morgan fingerprint density at radius 2 is 2.07 bits per heavy atom. The monoisotopic (exact) mass is 212 g/mol. The summed E-state index contributed by atoms with van der Waals surface area (Å²) in [4.78, 5) is 11.9. The lowest BCUT2D eigenvalue weighted by molar-refractivity contribution is -0.127. The third kappa shape index (κ3) is 2.49. The van der Waals surface area contributed by atoms with E-state index in [1.165, 1.54) is 19.3 Å². The van der Waals surface area contributed by atoms with Crippen molar-refractivity contribution in [2.45, 2.75) is 50.1 Å². The second-order valence-electron chi connectivity index (χ2n) is 4.77. The number of hydrogen-bond acceptors (Lipinski definition) is 3. The summed E-state index contributed by atoms with van der Waals surface area (Å²) in [6.45, 7) is 0.972. The van der Waals surface area contributed by atoms with Crippen LogP contribution in [0.5, 0.6) is 0 Å². The normalized spacial score (nSPS) is 32.9. The zero-order valence-corrected chi connectivity index (χ0v) is 9.13. The van der Waals surface area contributed by atoms with Gasteiger partial charge < -0.3 is 15.8 Å². The highest BCUT2D eigenvalue weighted by Gasteiger charge is 2.39. The molecule has 1 aliphatic carbocycles. The molecule has 2 fully saturated rings. The molecule has 1 amide bonds. The van der Waals surface area contributed by atoms with Gasteiger partial charge in [-0.3, -0.25) is 4.79 Å². The SMILES string of the molecule is NC1(C(=O)NC2CCCCC2)CCOC1. The highest BCUT2D eigenvalue weighted by Crippen LogP contribution is 2.20. The van der Waals surface area contributed by atoms with Crippen LogP contribution in [0.25, 0.3) is 0 Å². The van der Waals surface area contributed by atoms with Gasteiger partial charge >= 0.3 is 0 Å². The summed E-state index contributed by atoms with van der Waals surface area (Å²) >= 11 is 0. The first-order valence-electron chi connectivity index (χ1n) is 5.88. The minimum Gasteiger partial charge on any atom is -0.379 e. The predicted molar refractivity (Wildman–Crippen MR) is 57.4 cm³/mol. The standard InChI is InChI=1S/C11H20N2O2/c12-11(6-7-15-8-11)10(14)13-9-4-2-1-3-5-9/h9H,1-8,12H2,(H,13,14). The Labute approximate surface area is 90.5 Å². The van der Waals surface area contributed by atoms with Gasteiger partial charge in [0.05, 0.1) is 6.61 Å². The Balaban J connectivity index is 1.85. The van der Waals surface area contributed by atoms with E-state index >= 15 is 0 Å². The van der Waals surface area contributed by atoms with Crippen LogP contribution in [-0.2, 0) is 9.53 Å². The molecule has 1 heterocycles. The summed E-state index contributed by atoms with van der Waals surface area (Å²) in [5.41, 5.74) is 5.22. The van der Waals surface area contributed by atoms with E-state index in [0.29, 0.717) is 25.7 Å². The van der Waals surface area contributed by atoms with Crippen LogP contribution in [0.1, 0.15) is 38.5 Å². The molecule has 0 radical (unpaired) electrons. The molecular weight excluding hydrogens is 192 g/mol. The molecule has 0 aromatic carbocycles. The summed E-state index contributed by atoms with van der Waals surface area (Å²) < 4.78 is 5.18. The molecule has 3 N–H and O–H groups in total. The predicted octanol–water partition coefficient (Wildman–Crippen LogP) is 0.553. The molecule has 86 valence electrons. The highest BCUT2D eigenvalue weighted by atomic mass is 16.5. The number of nitrogens with one attached hydrogen (secondary N) is 1. The largest absolute Gasteiger partial charge is 0.379 e. The Morgan fingerprint density at radius 1 is 1.33 bits per heavy atom. The minimum atomic E-state index is -0.766. The van der Waals surface area contributed by atoms with Gasteiger partial charge in [-0.2, -0.15) is 0 Å². The van der Waals surface area contributed by atoms with Gasteiger partial charge in [-0.05, 0) is 19.3 Å². The molecule has 1 saturated carbocycles. The van der Waals surface area contributed by atoms with Gasteiger partial charge in [0.25, 0.3) is 0 Å². The van der Waals surface area contributed by atoms with Crippen molar-refractivity contribution in [3.63, 3.8) is 0 Å². The van der Waals surface area contributed by atoms with Crippen LogP contribution < -0.4 is 11.1 Å². The van der Waals surface area contributed by atoms with Gasteiger partial charge in [-0.15, -0.1) is 0 Å². The molecule has 1 atom stereocenters. The van der Waals surface area contributed by atoms with Crippen molar-refractivity contribution in [2.24, 2.45) is 5.73 Å². The molecule has 0 bridgehead atoms. The zero-order chi connectivity index (χ0) is 10.7. The number of nitrogens with two attached hydrogens (primary N) is 1. The molecule has 0 aromatic rings. The Kier molecular flexibility index (Phi) is 3.26. The molecular formula is C11H20N2O2. The topological polar surface area (TPSA) is 64.4 Å². The summed E-state index contributed by atoms with van der Waals surface area (Å²) in [5.74, 6) is -0.0214. The molecule has 2 rings (SSSR count). The van der Waals surface area contributed by atoms with Crippen LogP contribution >= 0.6 is 0 Å². The maximum Gasteiger partial charge on any atom is 0.242 e. The molecule has 0 spiro atoms. The van der Waals surface area contributed by atoms with Crippen molar-refractivity contribution in [3.8, 4) is 0 Å². The number of amides is 1. The van der Waals surface area contributed by atoms with Crippen LogP contribution in [0, 0.1) is 0 Å². The summed E-state index contributed by atoms with van der Waals surface area (Å²) in [6, 6.07) is 0.340. The third-order valence-corrected chi connectivity index (χ3v) is 3.44. The molecule has 0 aromatic heterocycles. The fourth-order valence-electron chi connectivity index (χ4n) is 2.34. The van der Waals surface area contributed by atoms with Crippen LogP contribution in [-0.4, -0.2) is 30.7 Å². The number of carbonyl (C=O) groups excluding carboxylic acids is 1. The van der Waals surface area contributed by atoms with E-state index in [9.17, 15) is 4.79 Å². The second-order valence-corrected chi connectivity index (χ2v) is 4.77. The highest BCUT2D eigenvalue weighted by molar-refractivity contribution is 5.86. The van der Waals surface area contributed by atoms with E-state index in [0.717, 1.165) is 12.8 Å². The van der Waals surface area contributed by atoms with Gasteiger partial charge in [-0.25, -0.2) is 0 Å². The Bertz CT molecular complexity index is 231. The van der Waals surface area contributed by atoms with Gasteiger partial charge in [0, 0.05) is 12.6 Å². The second kappa shape index (κ2) is 4.49. The molecule has 15 heavy (non-hydrogen) atoms. The maximum atomic E-state index is 11.9. The molecule has 4 nitrogen and oxygen atoms in total. The van der Waals surface area contributed by atoms with E-state index in [2.05, 4.69) is 5.32 Å². The Morgan fingerprint density at radius 3 is 2.67 bits per heavy atom. The van der Waals surface area contributed by atoms with Crippen molar-refractivity contribution >= 4 is 5.91 Å². The molecule has 4 heteroatoms. The number of ether oxygens (including phenoxy) is 1. The van der Waals surface area contributed by atoms with Crippen molar-refractivity contribution in [2.75, 3.05) is 13.2 Å². The van der Waals surface area contributed by atoms with E-state index < -0.39 is 5.54 Å². The van der Waals surface area contributed by atoms with E-state index in [-0.39, 0.29) is 5.91 Å². The average molecular weight is 212 g/mol. The van der Waals surface area contributed by atoms with E-state index in [1.54, 1.807) is 0 Å². The minimum absolute atomic E-state index is 0.0214. The van der Waals surface area contributed by atoms with E-state index in [1.807, 2.05) is 0 Å². The molecule has 1 unspecified atom stereocenters. The van der Waals surface area contributed by atoms with Crippen molar-refractivity contribution in [1.82, 2.24) is 5.32 Å². The smallest absolute Gasteiger partial charge is 0.242 e. The number of carbonyl (C=O) groups is 1. The summed E-state index contributed by atoms with van der Waals surface area (Å²) in [5, 5.41) is 3.06. The van der Waals surface area contributed by atoms with Gasteiger partial charge in [0.15, 0.2) is 0 Å². The quantitative estimate of drug-likeness (QED) is 0.702. The maximum absolute atomic E-state index is 11.9. The van der Waals surface area contributed by atoms with Crippen molar-refractivity contribution < 1.29 is 9.53 Å². The van der Waals surface area contributed by atoms with Gasteiger partial charge in [-0.1, -0.05) is 19.3 Å². The van der Waals surface area contributed by atoms with E-state index in [4.69, 9.17) is 10.5 Å². The first-order valence-corrected chi connectivity index (χ1v) is 5.88. The Hall–Kier alpha value is -0.610. The third-order valence-electron chi connectivity index (χ3n) is 3.44. The molecule has 2 aliphatic rings. The first kappa shape index (κ1) is 10.9.